The minimum absolute atomic E-state index is 0.136. The Hall–Kier alpha value is -2.08. The summed E-state index contributed by atoms with van der Waals surface area (Å²) < 4.78 is 11.0. The quantitative estimate of drug-likeness (QED) is 0.419. The van der Waals surface area contributed by atoms with E-state index < -0.39 is 5.60 Å². The second-order valence-corrected chi connectivity index (χ2v) is 8.68. The number of hydrogen-bond donors (Lipinski definition) is 0. The summed E-state index contributed by atoms with van der Waals surface area (Å²) in [4.78, 5) is 21.2. The molecule has 1 heterocycles. The smallest absolute Gasteiger partial charge is 0.344 e. The van der Waals surface area contributed by atoms with Crippen molar-refractivity contribution >= 4 is 17.7 Å². The summed E-state index contributed by atoms with van der Waals surface area (Å²) in [7, 11) is 0. The van der Waals surface area contributed by atoms with Crippen molar-refractivity contribution in [3.05, 3.63) is 46.6 Å². The monoisotopic (exact) mass is 386 g/mol. The highest BCUT2D eigenvalue weighted by atomic mass is 32.2. The predicted octanol–water partition coefficient (Wildman–Crippen LogP) is 4.29. The van der Waals surface area contributed by atoms with E-state index in [-0.39, 0.29) is 12.6 Å². The van der Waals surface area contributed by atoms with E-state index in [4.69, 9.17) is 9.47 Å². The maximum Gasteiger partial charge on any atom is 0.344 e. The fourth-order valence-electron chi connectivity index (χ4n) is 2.89. The van der Waals surface area contributed by atoms with Gasteiger partial charge in [0.25, 0.3) is 0 Å². The molecule has 0 saturated heterocycles. The maximum atomic E-state index is 12.0. The molecule has 1 aliphatic carbocycles. The van der Waals surface area contributed by atoms with Crippen LogP contribution < -0.4 is 4.74 Å². The molecule has 3 rings (SSSR count). The Balaban J connectivity index is 1.68. The number of esters is 1. The summed E-state index contributed by atoms with van der Waals surface area (Å²) in [5.74, 6) is 0.932. The van der Waals surface area contributed by atoms with E-state index in [1.807, 2.05) is 20.8 Å². The molecule has 0 spiro atoms. The molecule has 6 heteroatoms. The molecule has 27 heavy (non-hydrogen) atoms. The number of thioether (sulfide) groups is 1. The third-order valence-electron chi connectivity index (χ3n) is 4.11. The molecule has 1 aromatic heterocycles. The van der Waals surface area contributed by atoms with Crippen LogP contribution in [0.25, 0.3) is 0 Å². The van der Waals surface area contributed by atoms with Crippen LogP contribution >= 0.6 is 11.8 Å². The standard InChI is InChI=1S/C21H26N2O3S/c1-14-8-10-15(11-9-14)13-27-20-22-17-7-5-6-16(17)19(23-20)25-12-18(24)26-21(2,3)4/h8-11H,5-7,12-13H2,1-4H3. The van der Waals surface area contributed by atoms with Crippen LogP contribution in [0, 0.1) is 6.92 Å². The van der Waals surface area contributed by atoms with Gasteiger partial charge < -0.3 is 9.47 Å². The molecule has 0 amide bonds. The molecule has 5 nitrogen and oxygen atoms in total. The van der Waals surface area contributed by atoms with Crippen LogP contribution in [0.5, 0.6) is 5.88 Å². The number of benzene rings is 1. The second kappa shape index (κ2) is 8.30. The first-order valence-corrected chi connectivity index (χ1v) is 10.2. The normalized spacial score (nSPS) is 13.3. The summed E-state index contributed by atoms with van der Waals surface area (Å²) in [6.07, 6.45) is 2.86. The zero-order valence-electron chi connectivity index (χ0n) is 16.4. The van der Waals surface area contributed by atoms with Crippen LogP contribution in [0.15, 0.2) is 29.4 Å². The second-order valence-electron chi connectivity index (χ2n) is 7.74. The molecule has 0 unspecified atom stereocenters. The molecule has 0 bridgehead atoms. The number of nitrogens with zero attached hydrogens (tertiary/aromatic N) is 2. The number of carbonyl (C=O) groups is 1. The summed E-state index contributed by atoms with van der Waals surface area (Å²) in [6.45, 7) is 7.46. The lowest BCUT2D eigenvalue weighted by atomic mass is 10.2. The number of carbonyl (C=O) groups excluding carboxylic acids is 1. The molecule has 2 aromatic rings. The van der Waals surface area contributed by atoms with Crippen molar-refractivity contribution in [2.45, 2.75) is 63.5 Å². The van der Waals surface area contributed by atoms with Crippen LogP contribution in [-0.4, -0.2) is 28.1 Å². The number of aryl methyl sites for hydroxylation is 2. The van der Waals surface area contributed by atoms with E-state index in [1.165, 1.54) is 11.1 Å². The molecule has 0 radical (unpaired) electrons. The van der Waals surface area contributed by atoms with E-state index in [1.54, 1.807) is 11.8 Å². The fraction of sp³-hybridized carbons (Fsp3) is 0.476. The average Bonchev–Trinajstić information content (AvgIpc) is 3.06. The Kier molecular flexibility index (Phi) is 6.05. The van der Waals surface area contributed by atoms with Gasteiger partial charge in [0, 0.05) is 11.3 Å². The van der Waals surface area contributed by atoms with Crippen molar-refractivity contribution in [3.8, 4) is 5.88 Å². The Bertz CT molecular complexity index is 813. The Morgan fingerprint density at radius 3 is 2.59 bits per heavy atom. The van der Waals surface area contributed by atoms with Crippen molar-refractivity contribution in [2.75, 3.05) is 6.61 Å². The van der Waals surface area contributed by atoms with Crippen LogP contribution in [0.1, 0.15) is 49.6 Å². The Morgan fingerprint density at radius 2 is 1.89 bits per heavy atom. The fourth-order valence-corrected chi connectivity index (χ4v) is 3.70. The number of aromatic nitrogens is 2. The Morgan fingerprint density at radius 1 is 1.15 bits per heavy atom. The van der Waals surface area contributed by atoms with Gasteiger partial charge in [-0.05, 0) is 52.5 Å². The molecular formula is C21H26N2O3S. The van der Waals surface area contributed by atoms with Gasteiger partial charge >= 0.3 is 5.97 Å². The van der Waals surface area contributed by atoms with Crippen LogP contribution in [0.2, 0.25) is 0 Å². The summed E-state index contributed by atoms with van der Waals surface area (Å²) in [6, 6.07) is 8.45. The van der Waals surface area contributed by atoms with Gasteiger partial charge in [-0.2, -0.15) is 4.98 Å². The molecule has 0 N–H and O–H groups in total. The highest BCUT2D eigenvalue weighted by Crippen LogP contribution is 2.31. The molecule has 144 valence electrons. The minimum atomic E-state index is -0.525. The summed E-state index contributed by atoms with van der Waals surface area (Å²) >= 11 is 1.59. The third-order valence-corrected chi connectivity index (χ3v) is 5.03. The number of hydrogen-bond acceptors (Lipinski definition) is 6. The van der Waals surface area contributed by atoms with Crippen molar-refractivity contribution in [1.82, 2.24) is 9.97 Å². The van der Waals surface area contributed by atoms with E-state index in [0.29, 0.717) is 11.0 Å². The molecule has 0 fully saturated rings. The van der Waals surface area contributed by atoms with Crippen molar-refractivity contribution in [1.29, 1.82) is 0 Å². The lowest BCUT2D eigenvalue weighted by Crippen LogP contribution is -2.27. The van der Waals surface area contributed by atoms with Crippen molar-refractivity contribution < 1.29 is 14.3 Å². The predicted molar refractivity (Wildman–Crippen MR) is 106 cm³/mol. The number of ether oxygens (including phenoxy) is 2. The van der Waals surface area contributed by atoms with Gasteiger partial charge in [0.05, 0.1) is 5.69 Å². The zero-order chi connectivity index (χ0) is 19.4. The SMILES string of the molecule is Cc1ccc(CSc2nc3c(c(OCC(=O)OC(C)(C)C)n2)CCC3)cc1. The van der Waals surface area contributed by atoms with Gasteiger partial charge in [-0.1, -0.05) is 41.6 Å². The van der Waals surface area contributed by atoms with Gasteiger partial charge in [0.2, 0.25) is 5.88 Å². The van der Waals surface area contributed by atoms with Crippen LogP contribution in [0.4, 0.5) is 0 Å². The van der Waals surface area contributed by atoms with E-state index in [0.717, 1.165) is 36.3 Å². The zero-order valence-corrected chi connectivity index (χ0v) is 17.2. The van der Waals surface area contributed by atoms with Crippen LogP contribution in [-0.2, 0) is 28.1 Å². The first kappa shape index (κ1) is 19.7. The molecule has 1 aliphatic rings. The van der Waals surface area contributed by atoms with Crippen molar-refractivity contribution in [3.63, 3.8) is 0 Å². The topological polar surface area (TPSA) is 61.3 Å². The molecule has 0 aliphatic heterocycles. The van der Waals surface area contributed by atoms with Gasteiger partial charge in [0.1, 0.15) is 5.60 Å². The van der Waals surface area contributed by atoms with Gasteiger partial charge in [0.15, 0.2) is 11.8 Å². The third kappa shape index (κ3) is 5.70. The molecular weight excluding hydrogens is 360 g/mol. The minimum Gasteiger partial charge on any atom is -0.465 e. The summed E-state index contributed by atoms with van der Waals surface area (Å²) in [5.41, 5.74) is 4.01. The molecule has 1 aromatic carbocycles. The highest BCUT2D eigenvalue weighted by molar-refractivity contribution is 7.98. The van der Waals surface area contributed by atoms with Gasteiger partial charge in [-0.15, -0.1) is 0 Å². The van der Waals surface area contributed by atoms with E-state index in [2.05, 4.69) is 41.2 Å². The average molecular weight is 387 g/mol. The van der Waals surface area contributed by atoms with E-state index in [9.17, 15) is 4.79 Å². The number of rotatable bonds is 6. The van der Waals surface area contributed by atoms with Crippen molar-refractivity contribution in [2.24, 2.45) is 0 Å². The largest absolute Gasteiger partial charge is 0.465 e. The Labute approximate surface area is 164 Å². The van der Waals surface area contributed by atoms with E-state index >= 15 is 0 Å². The molecule has 0 saturated carbocycles. The van der Waals surface area contributed by atoms with Crippen LogP contribution in [0.3, 0.4) is 0 Å². The lowest BCUT2D eigenvalue weighted by molar-refractivity contribution is -0.157. The summed E-state index contributed by atoms with van der Waals surface area (Å²) in [5, 5.41) is 0.690. The van der Waals surface area contributed by atoms with Gasteiger partial charge in [-0.25, -0.2) is 9.78 Å². The first-order chi connectivity index (χ1) is 12.8. The van der Waals surface area contributed by atoms with Gasteiger partial charge in [-0.3, -0.25) is 0 Å². The maximum absolute atomic E-state index is 12.0. The number of fused-ring (bicyclic) bond motifs is 1. The lowest BCUT2D eigenvalue weighted by Gasteiger charge is -2.19. The molecule has 0 atom stereocenters. The first-order valence-electron chi connectivity index (χ1n) is 9.23. The highest BCUT2D eigenvalue weighted by Gasteiger charge is 2.22.